The maximum atomic E-state index is 5.52. The molecule has 112 valence electrons. The van der Waals surface area contributed by atoms with E-state index >= 15 is 0 Å². The lowest BCUT2D eigenvalue weighted by Gasteiger charge is -2.24. The minimum Gasteiger partial charge on any atom is -0.467 e. The fourth-order valence-corrected chi connectivity index (χ4v) is 2.70. The van der Waals surface area contributed by atoms with Crippen molar-refractivity contribution in [3.63, 3.8) is 0 Å². The molecule has 3 rings (SSSR count). The van der Waals surface area contributed by atoms with Crippen molar-refractivity contribution in [2.45, 2.75) is 25.5 Å². The number of aromatic nitrogens is 4. The molecule has 1 aliphatic heterocycles. The van der Waals surface area contributed by atoms with Gasteiger partial charge in [0.2, 0.25) is 0 Å². The number of rotatable bonds is 4. The Hall–Kier alpha value is -2.15. The van der Waals surface area contributed by atoms with Gasteiger partial charge in [0.15, 0.2) is 0 Å². The van der Waals surface area contributed by atoms with Crippen LogP contribution in [-0.4, -0.2) is 46.8 Å². The Morgan fingerprint density at radius 1 is 1.33 bits per heavy atom. The van der Waals surface area contributed by atoms with E-state index in [9.17, 15) is 0 Å². The normalized spacial score (nSPS) is 21.8. The largest absolute Gasteiger partial charge is 0.467 e. The number of aromatic amines is 1. The van der Waals surface area contributed by atoms with Gasteiger partial charge in [0.05, 0.1) is 19.3 Å². The van der Waals surface area contributed by atoms with E-state index in [1.54, 1.807) is 20.4 Å². The van der Waals surface area contributed by atoms with Crippen LogP contribution in [0.25, 0.3) is 0 Å². The molecule has 0 aliphatic carbocycles. The maximum absolute atomic E-state index is 5.52. The minimum absolute atomic E-state index is 0.115. The van der Waals surface area contributed by atoms with E-state index < -0.39 is 0 Å². The van der Waals surface area contributed by atoms with Gasteiger partial charge in [0, 0.05) is 44.2 Å². The molecule has 0 saturated carbocycles. The fourth-order valence-electron chi connectivity index (χ4n) is 2.70. The van der Waals surface area contributed by atoms with Gasteiger partial charge in [-0.1, -0.05) is 0 Å². The van der Waals surface area contributed by atoms with Gasteiger partial charge >= 0.3 is 6.01 Å². The van der Waals surface area contributed by atoms with Crippen molar-refractivity contribution in [1.82, 2.24) is 19.9 Å². The Morgan fingerprint density at radius 3 is 2.86 bits per heavy atom. The van der Waals surface area contributed by atoms with Crippen LogP contribution in [0, 0.1) is 6.92 Å². The molecule has 2 atom stereocenters. The molecule has 21 heavy (non-hydrogen) atoms. The average Bonchev–Trinajstić information content (AvgIpc) is 3.15. The van der Waals surface area contributed by atoms with E-state index in [0.29, 0.717) is 6.01 Å². The molecule has 2 aromatic heterocycles. The predicted molar refractivity (Wildman–Crippen MR) is 77.4 cm³/mol. The van der Waals surface area contributed by atoms with Crippen LogP contribution < -0.4 is 9.64 Å². The van der Waals surface area contributed by atoms with Crippen molar-refractivity contribution in [2.24, 2.45) is 0 Å². The molecule has 1 saturated heterocycles. The Morgan fingerprint density at radius 2 is 2.19 bits per heavy atom. The molecule has 1 fully saturated rings. The zero-order valence-electron chi connectivity index (χ0n) is 12.4. The van der Waals surface area contributed by atoms with Crippen molar-refractivity contribution in [1.29, 1.82) is 0 Å². The second-order valence-electron chi connectivity index (χ2n) is 5.09. The molecule has 2 aromatic rings. The minimum atomic E-state index is 0.115. The van der Waals surface area contributed by atoms with Gasteiger partial charge in [0.25, 0.3) is 0 Å². The number of hydrogen-bond acceptors (Lipinski definition) is 6. The second-order valence-corrected chi connectivity index (χ2v) is 5.09. The van der Waals surface area contributed by atoms with Crippen molar-refractivity contribution >= 4 is 5.82 Å². The molecule has 0 radical (unpaired) electrons. The quantitative estimate of drug-likeness (QED) is 0.919. The van der Waals surface area contributed by atoms with E-state index in [0.717, 1.165) is 30.3 Å². The molecule has 7 nitrogen and oxygen atoms in total. The van der Waals surface area contributed by atoms with Crippen molar-refractivity contribution in [3.8, 4) is 6.01 Å². The third-order valence-corrected chi connectivity index (χ3v) is 3.73. The number of H-pyrrole nitrogens is 1. The summed E-state index contributed by atoms with van der Waals surface area (Å²) in [5.41, 5.74) is 0.871. The zero-order chi connectivity index (χ0) is 14.8. The molecule has 1 aliphatic rings. The van der Waals surface area contributed by atoms with Crippen LogP contribution in [0.1, 0.15) is 24.0 Å². The van der Waals surface area contributed by atoms with Crippen LogP contribution in [0.5, 0.6) is 6.01 Å². The summed E-state index contributed by atoms with van der Waals surface area (Å²) in [6.07, 6.45) is 4.62. The first-order valence-electron chi connectivity index (χ1n) is 6.89. The van der Waals surface area contributed by atoms with E-state index in [1.807, 2.05) is 19.2 Å². The van der Waals surface area contributed by atoms with Gasteiger partial charge in [-0.2, -0.15) is 4.98 Å². The maximum Gasteiger partial charge on any atom is 0.318 e. The summed E-state index contributed by atoms with van der Waals surface area (Å²) in [7, 11) is 3.31. The Bertz CT molecular complexity index is 601. The lowest BCUT2D eigenvalue weighted by Crippen LogP contribution is -2.26. The highest BCUT2D eigenvalue weighted by Gasteiger charge is 2.36. The predicted octanol–water partition coefficient (Wildman–Crippen LogP) is 1.48. The number of nitrogens with zero attached hydrogens (tertiary/aromatic N) is 4. The molecule has 0 bridgehead atoms. The van der Waals surface area contributed by atoms with Crippen LogP contribution in [0.15, 0.2) is 18.5 Å². The Labute approximate surface area is 123 Å². The van der Waals surface area contributed by atoms with E-state index in [4.69, 9.17) is 9.47 Å². The fraction of sp³-hybridized carbons (Fsp3) is 0.500. The summed E-state index contributed by atoms with van der Waals surface area (Å²) < 4.78 is 10.7. The Balaban J connectivity index is 1.96. The number of hydrogen-bond donors (Lipinski definition) is 1. The molecule has 0 spiro atoms. The first-order chi connectivity index (χ1) is 10.2. The van der Waals surface area contributed by atoms with Crippen LogP contribution in [0.2, 0.25) is 0 Å². The lowest BCUT2D eigenvalue weighted by atomic mass is 10.2. The van der Waals surface area contributed by atoms with E-state index in [-0.39, 0.29) is 12.1 Å². The SMILES string of the molecule is COc1nc(C)cc(N2C[C@H](OC)CC2c2ncc[nH]2)n1. The third-order valence-electron chi connectivity index (χ3n) is 3.73. The summed E-state index contributed by atoms with van der Waals surface area (Å²) in [6.45, 7) is 2.70. The highest BCUT2D eigenvalue weighted by atomic mass is 16.5. The van der Waals surface area contributed by atoms with Crippen LogP contribution in [-0.2, 0) is 4.74 Å². The first-order valence-corrected chi connectivity index (χ1v) is 6.89. The number of anilines is 1. The highest BCUT2D eigenvalue weighted by Crippen LogP contribution is 2.35. The highest BCUT2D eigenvalue weighted by molar-refractivity contribution is 5.44. The molecule has 0 amide bonds. The number of nitrogens with one attached hydrogen (secondary N) is 1. The van der Waals surface area contributed by atoms with Gasteiger partial charge in [-0.15, -0.1) is 0 Å². The Kier molecular flexibility index (Phi) is 3.74. The van der Waals surface area contributed by atoms with E-state index in [2.05, 4.69) is 24.8 Å². The molecular weight excluding hydrogens is 270 g/mol. The van der Waals surface area contributed by atoms with Gasteiger partial charge in [-0.3, -0.25) is 0 Å². The van der Waals surface area contributed by atoms with Crippen molar-refractivity contribution in [2.75, 3.05) is 25.7 Å². The zero-order valence-corrected chi connectivity index (χ0v) is 12.4. The van der Waals surface area contributed by atoms with Crippen LogP contribution >= 0.6 is 0 Å². The number of ether oxygens (including phenoxy) is 2. The van der Waals surface area contributed by atoms with Gasteiger partial charge in [0.1, 0.15) is 11.6 Å². The standard InChI is InChI=1S/C14H19N5O2/c1-9-6-12(18-14(17-9)21-3)19-8-10(20-2)7-11(19)13-15-4-5-16-13/h4-6,10-11H,7-8H2,1-3H3,(H,15,16)/t10-,11?/m1/s1. The topological polar surface area (TPSA) is 76.2 Å². The van der Waals surface area contributed by atoms with Crippen LogP contribution in [0.4, 0.5) is 5.82 Å². The average molecular weight is 289 g/mol. The smallest absolute Gasteiger partial charge is 0.318 e. The molecule has 1 unspecified atom stereocenters. The monoisotopic (exact) mass is 289 g/mol. The summed E-state index contributed by atoms with van der Waals surface area (Å²) in [4.78, 5) is 18.4. The summed E-state index contributed by atoms with van der Waals surface area (Å²) in [5, 5.41) is 0. The number of aryl methyl sites for hydroxylation is 1. The van der Waals surface area contributed by atoms with Crippen molar-refractivity contribution < 1.29 is 9.47 Å². The second kappa shape index (κ2) is 5.69. The molecule has 0 aromatic carbocycles. The lowest BCUT2D eigenvalue weighted by molar-refractivity contribution is 0.118. The first kappa shape index (κ1) is 13.8. The summed E-state index contributed by atoms with van der Waals surface area (Å²) >= 11 is 0. The number of imidazole rings is 1. The summed E-state index contributed by atoms with van der Waals surface area (Å²) in [5.74, 6) is 1.75. The molecule has 1 N–H and O–H groups in total. The molecular formula is C14H19N5O2. The van der Waals surface area contributed by atoms with Crippen LogP contribution in [0.3, 0.4) is 0 Å². The third kappa shape index (κ3) is 2.69. The molecule has 3 heterocycles. The van der Waals surface area contributed by atoms with Gasteiger partial charge in [-0.05, 0) is 6.92 Å². The van der Waals surface area contributed by atoms with Gasteiger partial charge < -0.3 is 19.4 Å². The summed E-state index contributed by atoms with van der Waals surface area (Å²) in [6, 6.07) is 2.45. The van der Waals surface area contributed by atoms with E-state index in [1.165, 1.54) is 0 Å². The van der Waals surface area contributed by atoms with Crippen molar-refractivity contribution in [3.05, 3.63) is 30.0 Å². The van der Waals surface area contributed by atoms with Gasteiger partial charge in [-0.25, -0.2) is 9.97 Å². The molecule has 7 heteroatoms. The number of methoxy groups -OCH3 is 2.